The molecule has 2 heterocycles. The van der Waals surface area contributed by atoms with E-state index in [9.17, 15) is 4.79 Å². The molecule has 1 aliphatic heterocycles. The Labute approximate surface area is 139 Å². The van der Waals surface area contributed by atoms with Gasteiger partial charge >= 0.3 is 0 Å². The predicted molar refractivity (Wildman–Crippen MR) is 88.7 cm³/mol. The number of carbonyl (C=O) groups is 1. The first-order valence-electron chi connectivity index (χ1n) is 8.09. The van der Waals surface area contributed by atoms with Crippen LogP contribution in [0.5, 0.6) is 0 Å². The topological polar surface area (TPSA) is 59.2 Å². The number of aryl methyl sites for hydroxylation is 1. The number of hydrogen-bond acceptors (Lipinski definition) is 5. The summed E-state index contributed by atoms with van der Waals surface area (Å²) in [5, 5.41) is 4.40. The van der Waals surface area contributed by atoms with Gasteiger partial charge in [0.2, 0.25) is 11.8 Å². The molecular formula is C17H19N3O2S. The highest BCUT2D eigenvalue weighted by molar-refractivity contribution is 8.00. The van der Waals surface area contributed by atoms with Crippen LogP contribution in [0.4, 0.5) is 5.69 Å². The van der Waals surface area contributed by atoms with E-state index in [1.165, 1.54) is 4.90 Å². The van der Waals surface area contributed by atoms with Gasteiger partial charge in [0.15, 0.2) is 5.82 Å². The zero-order valence-corrected chi connectivity index (χ0v) is 13.9. The smallest absolute Gasteiger partial charge is 0.227 e. The van der Waals surface area contributed by atoms with E-state index in [0.717, 1.165) is 30.9 Å². The Hall–Kier alpha value is -1.82. The van der Waals surface area contributed by atoms with Gasteiger partial charge in [-0.15, -0.1) is 11.8 Å². The number of thioether (sulfide) groups is 1. The molecule has 0 radical (unpaired) electrons. The lowest BCUT2D eigenvalue weighted by molar-refractivity contribution is -0.118. The molecule has 0 spiro atoms. The second-order valence-electron chi connectivity index (χ2n) is 6.22. The van der Waals surface area contributed by atoms with Gasteiger partial charge in [-0.2, -0.15) is 4.98 Å². The summed E-state index contributed by atoms with van der Waals surface area (Å²) in [5.74, 6) is 1.99. The van der Waals surface area contributed by atoms with Gasteiger partial charge in [0.25, 0.3) is 0 Å². The van der Waals surface area contributed by atoms with Crippen molar-refractivity contribution >= 4 is 23.4 Å². The van der Waals surface area contributed by atoms with Crippen LogP contribution in [-0.2, 0) is 11.2 Å². The van der Waals surface area contributed by atoms with Crippen LogP contribution in [0.3, 0.4) is 0 Å². The number of carbonyl (C=O) groups excluding carboxylic acids is 1. The van der Waals surface area contributed by atoms with Crippen molar-refractivity contribution in [3.63, 3.8) is 0 Å². The van der Waals surface area contributed by atoms with E-state index in [2.05, 4.69) is 23.1 Å². The molecule has 0 N–H and O–H groups in total. The Morgan fingerprint density at radius 1 is 1.39 bits per heavy atom. The molecule has 0 bridgehead atoms. The van der Waals surface area contributed by atoms with Crippen LogP contribution in [0.15, 0.2) is 33.7 Å². The highest BCUT2D eigenvalue weighted by atomic mass is 32.2. The zero-order valence-electron chi connectivity index (χ0n) is 13.1. The summed E-state index contributed by atoms with van der Waals surface area (Å²) in [6.07, 6.45) is 3.22. The molecule has 6 heteroatoms. The summed E-state index contributed by atoms with van der Waals surface area (Å²) in [5.41, 5.74) is 1.02. The van der Waals surface area contributed by atoms with E-state index in [4.69, 9.17) is 4.52 Å². The van der Waals surface area contributed by atoms with Gasteiger partial charge in [-0.3, -0.25) is 4.79 Å². The molecule has 1 aromatic carbocycles. The van der Waals surface area contributed by atoms with E-state index in [-0.39, 0.29) is 5.91 Å². The number of aromatic nitrogens is 2. The van der Waals surface area contributed by atoms with Crippen molar-refractivity contribution in [3.05, 3.63) is 36.0 Å². The third kappa shape index (κ3) is 3.13. The van der Waals surface area contributed by atoms with Crippen LogP contribution >= 0.6 is 11.8 Å². The van der Waals surface area contributed by atoms with Crippen molar-refractivity contribution in [3.8, 4) is 0 Å². The predicted octanol–water partition coefficient (Wildman–Crippen LogP) is 3.41. The number of fused-ring (bicyclic) bond motifs is 1. The lowest BCUT2D eigenvalue weighted by atomic mass is 10.2. The van der Waals surface area contributed by atoms with Crippen molar-refractivity contribution in [2.24, 2.45) is 0 Å². The monoisotopic (exact) mass is 329 g/mol. The Morgan fingerprint density at radius 2 is 2.22 bits per heavy atom. The number of amides is 1. The van der Waals surface area contributed by atoms with Gasteiger partial charge in [0, 0.05) is 35.4 Å². The van der Waals surface area contributed by atoms with Gasteiger partial charge in [0.05, 0.1) is 5.69 Å². The summed E-state index contributed by atoms with van der Waals surface area (Å²) < 4.78 is 5.26. The molecule has 1 amide bonds. The van der Waals surface area contributed by atoms with Crippen molar-refractivity contribution in [1.29, 1.82) is 0 Å². The van der Waals surface area contributed by atoms with E-state index in [1.807, 2.05) is 34.9 Å². The number of rotatable bonds is 4. The van der Waals surface area contributed by atoms with E-state index < -0.39 is 0 Å². The molecule has 23 heavy (non-hydrogen) atoms. The van der Waals surface area contributed by atoms with Crippen molar-refractivity contribution < 1.29 is 9.32 Å². The second-order valence-corrected chi connectivity index (χ2v) is 7.70. The molecule has 120 valence electrons. The molecule has 2 aliphatic rings. The summed E-state index contributed by atoms with van der Waals surface area (Å²) >= 11 is 1.83. The van der Waals surface area contributed by atoms with E-state index >= 15 is 0 Å². The fourth-order valence-electron chi connectivity index (χ4n) is 2.85. The summed E-state index contributed by atoms with van der Waals surface area (Å²) in [6, 6.07) is 8.10. The Morgan fingerprint density at radius 3 is 3.04 bits per heavy atom. The number of hydrogen-bond donors (Lipinski definition) is 0. The lowest BCUT2D eigenvalue weighted by Gasteiger charge is -2.32. The average Bonchev–Trinajstić information content (AvgIpc) is 3.30. The fourth-order valence-corrected chi connectivity index (χ4v) is 3.96. The summed E-state index contributed by atoms with van der Waals surface area (Å²) in [4.78, 5) is 20.1. The van der Waals surface area contributed by atoms with E-state index in [1.54, 1.807) is 0 Å². The lowest BCUT2D eigenvalue weighted by Crippen LogP contribution is -2.38. The van der Waals surface area contributed by atoms with Crippen LogP contribution in [0, 0.1) is 0 Å². The van der Waals surface area contributed by atoms with Crippen LogP contribution < -0.4 is 4.90 Å². The molecule has 1 aromatic heterocycles. The van der Waals surface area contributed by atoms with Gasteiger partial charge < -0.3 is 9.42 Å². The van der Waals surface area contributed by atoms with Crippen molar-refractivity contribution in [2.45, 2.75) is 48.7 Å². The molecule has 1 fully saturated rings. The van der Waals surface area contributed by atoms with E-state index in [0.29, 0.717) is 29.9 Å². The minimum absolute atomic E-state index is 0.121. The van der Waals surface area contributed by atoms with Crippen LogP contribution in [0.2, 0.25) is 0 Å². The van der Waals surface area contributed by atoms with Gasteiger partial charge in [-0.25, -0.2) is 0 Å². The molecule has 1 unspecified atom stereocenters. The van der Waals surface area contributed by atoms with Crippen LogP contribution in [0.25, 0.3) is 0 Å². The molecule has 1 aliphatic carbocycles. The number of nitrogens with zero attached hydrogens (tertiary/aromatic N) is 3. The summed E-state index contributed by atoms with van der Waals surface area (Å²) in [7, 11) is 0. The first-order valence-corrected chi connectivity index (χ1v) is 8.97. The number of anilines is 1. The first-order chi connectivity index (χ1) is 11.2. The highest BCUT2D eigenvalue weighted by Crippen LogP contribution is 2.39. The molecular weight excluding hydrogens is 310 g/mol. The molecule has 1 atom stereocenters. The normalized spacial score (nSPS) is 20.4. The maximum Gasteiger partial charge on any atom is 0.227 e. The quantitative estimate of drug-likeness (QED) is 0.860. The Balaban J connectivity index is 1.44. The molecule has 1 saturated carbocycles. The van der Waals surface area contributed by atoms with Crippen LogP contribution in [-0.4, -0.2) is 27.8 Å². The second kappa shape index (κ2) is 6.00. The molecule has 2 aromatic rings. The van der Waals surface area contributed by atoms with Gasteiger partial charge in [-0.1, -0.05) is 24.2 Å². The maximum absolute atomic E-state index is 12.7. The first kappa shape index (κ1) is 14.8. The SMILES string of the molecule is CC1CN(C(=O)CCc2nc(C3CC3)no2)c2ccccc2S1. The average molecular weight is 329 g/mol. The van der Waals surface area contributed by atoms with Crippen molar-refractivity contribution in [1.82, 2.24) is 10.1 Å². The Kier molecular flexibility index (Phi) is 3.85. The largest absolute Gasteiger partial charge is 0.339 e. The van der Waals surface area contributed by atoms with Gasteiger partial charge in [0.1, 0.15) is 0 Å². The van der Waals surface area contributed by atoms with Crippen LogP contribution in [0.1, 0.15) is 43.8 Å². The fraction of sp³-hybridized carbons (Fsp3) is 0.471. The Bertz CT molecular complexity index is 726. The number of benzene rings is 1. The molecule has 5 nitrogen and oxygen atoms in total. The molecule has 0 saturated heterocycles. The maximum atomic E-state index is 12.7. The highest BCUT2D eigenvalue weighted by Gasteiger charge is 2.29. The zero-order chi connectivity index (χ0) is 15.8. The molecule has 4 rings (SSSR count). The standard InChI is InChI=1S/C17H19N3O2S/c1-11-10-20(13-4-2-3-5-14(13)23-11)16(21)9-8-15-18-17(19-22-15)12-6-7-12/h2-5,11-12H,6-10H2,1H3. The minimum Gasteiger partial charge on any atom is -0.339 e. The summed E-state index contributed by atoms with van der Waals surface area (Å²) in [6.45, 7) is 2.90. The third-order valence-corrected chi connectivity index (χ3v) is 5.35. The number of para-hydroxylation sites is 1. The third-order valence-electron chi connectivity index (χ3n) is 4.20. The minimum atomic E-state index is 0.121. The van der Waals surface area contributed by atoms with Gasteiger partial charge in [-0.05, 0) is 25.0 Å². The van der Waals surface area contributed by atoms with Crippen molar-refractivity contribution in [2.75, 3.05) is 11.4 Å².